The van der Waals surface area contributed by atoms with E-state index in [1.54, 1.807) is 16.3 Å². The third kappa shape index (κ3) is 4.02. The van der Waals surface area contributed by atoms with Crippen molar-refractivity contribution < 1.29 is 0 Å². The van der Waals surface area contributed by atoms with Crippen LogP contribution in [0.25, 0.3) is 0 Å². The first-order chi connectivity index (χ1) is 9.72. The lowest BCUT2D eigenvalue weighted by atomic mass is 10.2. The fourth-order valence-corrected chi connectivity index (χ4v) is 2.88. The molecule has 0 amide bonds. The van der Waals surface area contributed by atoms with E-state index in [0.717, 1.165) is 20.9 Å². The molecule has 2 rings (SSSR count). The van der Waals surface area contributed by atoms with Crippen molar-refractivity contribution >= 4 is 39.3 Å². The molecular weight excluding hydrogens is 334 g/mol. The minimum atomic E-state index is 0.812. The number of hydrogen-bond acceptors (Lipinski definition) is 4. The SMILES string of the molecule is C/C=C\N(/N=C/c1ccc(Br)s1)c1ccc(CC)cn1. The van der Waals surface area contributed by atoms with Gasteiger partial charge in [0.1, 0.15) is 0 Å². The van der Waals surface area contributed by atoms with Crippen molar-refractivity contribution in [2.24, 2.45) is 5.10 Å². The Hall–Kier alpha value is -1.46. The highest BCUT2D eigenvalue weighted by atomic mass is 79.9. The minimum Gasteiger partial charge on any atom is -0.237 e. The molecule has 0 spiro atoms. The van der Waals surface area contributed by atoms with Crippen molar-refractivity contribution in [1.82, 2.24) is 4.98 Å². The van der Waals surface area contributed by atoms with Gasteiger partial charge < -0.3 is 0 Å². The minimum absolute atomic E-state index is 0.812. The maximum Gasteiger partial charge on any atom is 0.153 e. The number of rotatable bonds is 5. The highest BCUT2D eigenvalue weighted by Gasteiger charge is 2.02. The molecule has 0 aliphatic heterocycles. The molecule has 2 aromatic rings. The zero-order chi connectivity index (χ0) is 14.4. The Morgan fingerprint density at radius 3 is 2.75 bits per heavy atom. The number of thiophene rings is 1. The first-order valence-electron chi connectivity index (χ1n) is 6.39. The average molecular weight is 350 g/mol. The number of allylic oxidation sites excluding steroid dienone is 1. The van der Waals surface area contributed by atoms with E-state index in [4.69, 9.17) is 0 Å². The van der Waals surface area contributed by atoms with Gasteiger partial charge in [-0.15, -0.1) is 11.3 Å². The van der Waals surface area contributed by atoms with Crippen LogP contribution in [-0.2, 0) is 6.42 Å². The predicted molar refractivity (Wildman–Crippen MR) is 90.5 cm³/mol. The number of pyridine rings is 1. The van der Waals surface area contributed by atoms with Crippen LogP contribution >= 0.6 is 27.3 Å². The van der Waals surface area contributed by atoms with Crippen LogP contribution in [0.3, 0.4) is 0 Å². The second kappa shape index (κ2) is 7.36. The predicted octanol–water partition coefficient (Wildman–Crippen LogP) is 4.84. The molecule has 0 bridgehead atoms. The van der Waals surface area contributed by atoms with E-state index < -0.39 is 0 Å². The van der Waals surface area contributed by atoms with E-state index in [2.05, 4.69) is 39.0 Å². The number of halogens is 1. The van der Waals surface area contributed by atoms with Crippen molar-refractivity contribution in [3.8, 4) is 0 Å². The molecule has 5 heteroatoms. The third-order valence-electron chi connectivity index (χ3n) is 2.65. The van der Waals surface area contributed by atoms with Crippen molar-refractivity contribution in [1.29, 1.82) is 0 Å². The first-order valence-corrected chi connectivity index (χ1v) is 8.00. The molecule has 0 saturated carbocycles. The molecule has 104 valence electrons. The molecule has 0 N–H and O–H groups in total. The Morgan fingerprint density at radius 2 is 2.20 bits per heavy atom. The summed E-state index contributed by atoms with van der Waals surface area (Å²) in [4.78, 5) is 5.54. The molecule has 0 unspecified atom stereocenters. The summed E-state index contributed by atoms with van der Waals surface area (Å²) in [5.74, 6) is 0.812. The largest absolute Gasteiger partial charge is 0.237 e. The summed E-state index contributed by atoms with van der Waals surface area (Å²) < 4.78 is 1.10. The third-order valence-corrected chi connectivity index (χ3v) is 4.20. The van der Waals surface area contributed by atoms with Gasteiger partial charge in [-0.25, -0.2) is 9.99 Å². The molecule has 0 saturated heterocycles. The van der Waals surface area contributed by atoms with Gasteiger partial charge in [-0.1, -0.05) is 19.1 Å². The van der Waals surface area contributed by atoms with E-state index >= 15 is 0 Å². The molecule has 20 heavy (non-hydrogen) atoms. The van der Waals surface area contributed by atoms with Gasteiger partial charge in [-0.05, 0) is 53.0 Å². The molecule has 0 aromatic carbocycles. The molecule has 3 nitrogen and oxygen atoms in total. The van der Waals surface area contributed by atoms with Crippen LogP contribution < -0.4 is 5.01 Å². The number of aryl methyl sites for hydroxylation is 1. The first kappa shape index (κ1) is 14.9. The van der Waals surface area contributed by atoms with Gasteiger partial charge in [0.15, 0.2) is 5.82 Å². The Kier molecular flexibility index (Phi) is 5.49. The van der Waals surface area contributed by atoms with Crippen LogP contribution in [0.4, 0.5) is 5.82 Å². The van der Waals surface area contributed by atoms with Gasteiger partial charge >= 0.3 is 0 Å². The summed E-state index contributed by atoms with van der Waals surface area (Å²) in [5.41, 5.74) is 1.22. The zero-order valence-electron chi connectivity index (χ0n) is 11.5. The van der Waals surface area contributed by atoms with Gasteiger partial charge in [0.25, 0.3) is 0 Å². The van der Waals surface area contributed by atoms with Gasteiger partial charge in [-0.3, -0.25) is 0 Å². The number of anilines is 1. The number of nitrogens with zero attached hydrogens (tertiary/aromatic N) is 3. The van der Waals surface area contributed by atoms with Gasteiger partial charge in [0, 0.05) is 17.3 Å². The Bertz CT molecular complexity index is 602. The molecule has 0 fully saturated rings. The zero-order valence-corrected chi connectivity index (χ0v) is 13.9. The van der Waals surface area contributed by atoms with E-state index in [1.807, 2.05) is 49.8 Å². The van der Waals surface area contributed by atoms with Crippen LogP contribution in [0.1, 0.15) is 24.3 Å². The second-order valence-electron chi connectivity index (χ2n) is 4.09. The molecule has 2 aromatic heterocycles. The summed E-state index contributed by atoms with van der Waals surface area (Å²) >= 11 is 5.09. The smallest absolute Gasteiger partial charge is 0.153 e. The van der Waals surface area contributed by atoms with Crippen molar-refractivity contribution in [2.75, 3.05) is 5.01 Å². The van der Waals surface area contributed by atoms with Gasteiger partial charge in [0.2, 0.25) is 0 Å². The second-order valence-corrected chi connectivity index (χ2v) is 6.59. The lowest BCUT2D eigenvalue weighted by Gasteiger charge is -2.12. The van der Waals surface area contributed by atoms with Crippen molar-refractivity contribution in [3.05, 3.63) is 57.0 Å². The fraction of sp³-hybridized carbons (Fsp3) is 0.200. The van der Waals surface area contributed by atoms with Crippen LogP contribution in [0, 0.1) is 0 Å². The molecular formula is C15H16BrN3S. The van der Waals surface area contributed by atoms with E-state index in [-0.39, 0.29) is 0 Å². The van der Waals surface area contributed by atoms with Gasteiger partial charge in [0.05, 0.1) is 10.0 Å². The van der Waals surface area contributed by atoms with Crippen molar-refractivity contribution in [3.63, 3.8) is 0 Å². The van der Waals surface area contributed by atoms with Crippen molar-refractivity contribution in [2.45, 2.75) is 20.3 Å². The lowest BCUT2D eigenvalue weighted by molar-refractivity contribution is 1.01. The standard InChI is InChI=1S/C15H16BrN3S/c1-3-9-19(15-8-5-12(4-2)10-17-15)18-11-13-6-7-14(16)20-13/h3,5-11H,4H2,1-2H3/b9-3-,18-11+. The summed E-state index contributed by atoms with van der Waals surface area (Å²) in [6.07, 6.45) is 8.56. The van der Waals surface area contributed by atoms with Crippen LogP contribution in [0.15, 0.2) is 51.6 Å². The van der Waals surface area contributed by atoms with Crippen LogP contribution in [0.5, 0.6) is 0 Å². The average Bonchev–Trinajstić information content (AvgIpc) is 2.89. The summed E-state index contributed by atoms with van der Waals surface area (Å²) in [6.45, 7) is 4.08. The number of hydrogen-bond donors (Lipinski definition) is 0. The number of hydrazone groups is 1. The quantitative estimate of drug-likeness (QED) is 0.570. The Labute approximate surface area is 131 Å². The molecule has 0 atom stereocenters. The maximum atomic E-state index is 4.47. The maximum absolute atomic E-state index is 4.47. The van der Waals surface area contributed by atoms with E-state index in [0.29, 0.717) is 0 Å². The fourth-order valence-electron chi connectivity index (χ4n) is 1.59. The highest BCUT2D eigenvalue weighted by molar-refractivity contribution is 9.11. The van der Waals surface area contributed by atoms with E-state index in [1.165, 1.54) is 5.56 Å². The summed E-state index contributed by atoms with van der Waals surface area (Å²) in [5, 5.41) is 6.24. The summed E-state index contributed by atoms with van der Waals surface area (Å²) in [6, 6.07) is 8.11. The topological polar surface area (TPSA) is 28.5 Å². The highest BCUT2D eigenvalue weighted by Crippen LogP contribution is 2.21. The number of aromatic nitrogens is 1. The monoisotopic (exact) mass is 349 g/mol. The Balaban J connectivity index is 2.19. The van der Waals surface area contributed by atoms with Crippen LogP contribution in [-0.4, -0.2) is 11.2 Å². The van der Waals surface area contributed by atoms with E-state index in [9.17, 15) is 0 Å². The summed E-state index contributed by atoms with van der Waals surface area (Å²) in [7, 11) is 0. The normalized spacial score (nSPS) is 11.6. The van der Waals surface area contributed by atoms with Crippen LogP contribution in [0.2, 0.25) is 0 Å². The Morgan fingerprint density at radius 1 is 1.35 bits per heavy atom. The van der Waals surface area contributed by atoms with Gasteiger partial charge in [-0.2, -0.15) is 5.10 Å². The lowest BCUT2D eigenvalue weighted by Crippen LogP contribution is -2.09. The molecule has 0 aliphatic rings. The molecule has 0 aliphatic carbocycles. The molecule has 0 radical (unpaired) electrons. The molecule has 2 heterocycles.